The van der Waals surface area contributed by atoms with E-state index >= 15 is 0 Å². The molecule has 35 heavy (non-hydrogen) atoms. The quantitative estimate of drug-likeness (QED) is 0.0647. The van der Waals surface area contributed by atoms with Crippen LogP contribution in [0, 0.1) is 0 Å². The van der Waals surface area contributed by atoms with Crippen LogP contribution in [0.1, 0.15) is 31.9 Å². The first-order chi connectivity index (χ1) is 16.4. The van der Waals surface area contributed by atoms with Gasteiger partial charge in [0.1, 0.15) is 18.1 Å². The van der Waals surface area contributed by atoms with Gasteiger partial charge in [-0.15, -0.1) is 0 Å². The summed E-state index contributed by atoms with van der Waals surface area (Å²) in [5.74, 6) is -5.18. The van der Waals surface area contributed by atoms with Gasteiger partial charge >= 0.3 is 11.9 Å². The second-order valence-electron chi connectivity index (χ2n) is 7.63. The Hall–Kier alpha value is -4.21. The average Bonchev–Trinajstić information content (AvgIpc) is 3.27. The number of guanidine groups is 1. The molecule has 1 aromatic heterocycles. The first-order valence-electron chi connectivity index (χ1n) is 10.5. The van der Waals surface area contributed by atoms with Crippen molar-refractivity contribution in [2.75, 3.05) is 6.54 Å². The van der Waals surface area contributed by atoms with Crippen LogP contribution in [0.5, 0.6) is 0 Å². The van der Waals surface area contributed by atoms with E-state index in [1.54, 1.807) is 0 Å². The van der Waals surface area contributed by atoms with E-state index in [9.17, 15) is 24.0 Å². The number of nitrogens with one attached hydrogen (secondary N) is 4. The summed E-state index contributed by atoms with van der Waals surface area (Å²) in [7, 11) is 0. The van der Waals surface area contributed by atoms with Crippen molar-refractivity contribution in [3.05, 3.63) is 18.2 Å². The topological polar surface area (TPSA) is 281 Å². The number of aromatic nitrogens is 2. The normalized spacial score (nSPS) is 14.0. The van der Waals surface area contributed by atoms with Gasteiger partial charge in [-0.1, -0.05) is 0 Å². The molecule has 16 nitrogen and oxygen atoms in total. The number of amides is 3. The van der Waals surface area contributed by atoms with E-state index in [0.717, 1.165) is 0 Å². The Morgan fingerprint density at radius 1 is 1.06 bits per heavy atom. The molecule has 0 aliphatic carbocycles. The smallest absolute Gasteiger partial charge is 0.325 e. The van der Waals surface area contributed by atoms with E-state index in [-0.39, 0.29) is 31.8 Å². The lowest BCUT2D eigenvalue weighted by Crippen LogP contribution is -2.57. The van der Waals surface area contributed by atoms with Gasteiger partial charge in [0.05, 0.1) is 18.8 Å². The molecule has 0 aromatic carbocycles. The minimum atomic E-state index is -1.42. The van der Waals surface area contributed by atoms with Crippen molar-refractivity contribution in [1.29, 1.82) is 0 Å². The Bertz CT molecular complexity index is 916. The lowest BCUT2D eigenvalue weighted by Gasteiger charge is -2.24. The molecule has 1 aromatic rings. The Balaban J connectivity index is 3.02. The van der Waals surface area contributed by atoms with Crippen molar-refractivity contribution >= 4 is 35.6 Å². The predicted molar refractivity (Wildman–Crippen MR) is 122 cm³/mol. The van der Waals surface area contributed by atoms with Crippen LogP contribution in [0.25, 0.3) is 0 Å². The van der Waals surface area contributed by atoms with Crippen molar-refractivity contribution in [2.45, 2.75) is 56.8 Å². The largest absolute Gasteiger partial charge is 0.481 e. The summed E-state index contributed by atoms with van der Waals surface area (Å²) < 4.78 is 0. The number of hydrogen-bond donors (Lipinski definition) is 9. The van der Waals surface area contributed by atoms with Gasteiger partial charge in [0.25, 0.3) is 0 Å². The molecule has 1 heterocycles. The van der Waals surface area contributed by atoms with Gasteiger partial charge in [-0.25, -0.2) is 4.98 Å². The fourth-order valence-electron chi connectivity index (χ4n) is 2.81. The van der Waals surface area contributed by atoms with Gasteiger partial charge in [0, 0.05) is 24.9 Å². The maximum Gasteiger partial charge on any atom is 0.325 e. The monoisotopic (exact) mass is 497 g/mol. The minimum absolute atomic E-state index is 0.0456. The number of hydrogen-bond acceptors (Lipinski definition) is 8. The molecular weight excluding hydrogens is 466 g/mol. The van der Waals surface area contributed by atoms with Gasteiger partial charge in [-0.05, 0) is 19.8 Å². The number of aliphatic carboxylic acids is 2. The summed E-state index contributed by atoms with van der Waals surface area (Å²) in [5, 5.41) is 25.0. The lowest BCUT2D eigenvalue weighted by atomic mass is 10.1. The molecule has 1 rings (SSSR count). The number of carbonyl (C=O) groups is 5. The molecule has 4 unspecified atom stereocenters. The Kier molecular flexibility index (Phi) is 11.6. The Labute approximate surface area is 200 Å². The van der Waals surface area contributed by atoms with Crippen LogP contribution in [0.3, 0.4) is 0 Å². The van der Waals surface area contributed by atoms with Crippen molar-refractivity contribution < 1.29 is 34.2 Å². The number of carboxylic acid groups (broad SMARTS) is 2. The van der Waals surface area contributed by atoms with Crippen LogP contribution in [0.4, 0.5) is 0 Å². The summed E-state index contributed by atoms with van der Waals surface area (Å²) in [6.07, 6.45) is 2.34. The summed E-state index contributed by atoms with van der Waals surface area (Å²) in [4.78, 5) is 70.4. The maximum atomic E-state index is 13.0. The second-order valence-corrected chi connectivity index (χ2v) is 7.63. The molecule has 0 aliphatic rings. The summed E-state index contributed by atoms with van der Waals surface area (Å²) >= 11 is 0. The van der Waals surface area contributed by atoms with Gasteiger partial charge in [0.2, 0.25) is 17.7 Å². The molecule has 3 amide bonds. The zero-order chi connectivity index (χ0) is 26.5. The third-order valence-corrected chi connectivity index (χ3v) is 4.65. The van der Waals surface area contributed by atoms with Crippen molar-refractivity contribution in [2.24, 2.45) is 22.2 Å². The highest BCUT2D eigenvalue weighted by Gasteiger charge is 2.30. The highest BCUT2D eigenvalue weighted by Crippen LogP contribution is 2.05. The summed E-state index contributed by atoms with van der Waals surface area (Å²) in [5.41, 5.74) is 16.6. The number of carboxylic acids is 2. The summed E-state index contributed by atoms with van der Waals surface area (Å²) in [6, 6.07) is -5.09. The zero-order valence-corrected chi connectivity index (χ0v) is 19.1. The molecular formula is C19H31N9O7. The number of carbonyl (C=O) groups excluding carboxylic acids is 3. The molecule has 16 heteroatoms. The number of aliphatic imine (C=N–C) groups is 1. The van der Waals surface area contributed by atoms with Crippen molar-refractivity contribution in [3.8, 4) is 0 Å². The highest BCUT2D eigenvalue weighted by atomic mass is 16.4. The molecule has 0 bridgehead atoms. The number of nitrogens with two attached hydrogens (primary N) is 3. The van der Waals surface area contributed by atoms with E-state index in [1.165, 1.54) is 19.4 Å². The van der Waals surface area contributed by atoms with E-state index in [0.29, 0.717) is 5.69 Å². The van der Waals surface area contributed by atoms with Gasteiger partial charge in [0.15, 0.2) is 5.96 Å². The van der Waals surface area contributed by atoms with Crippen LogP contribution < -0.4 is 33.2 Å². The molecule has 0 saturated heterocycles. The number of imidazole rings is 1. The molecule has 0 saturated carbocycles. The third kappa shape index (κ3) is 11.0. The fraction of sp³-hybridized carbons (Fsp3) is 0.526. The molecule has 0 spiro atoms. The molecule has 194 valence electrons. The number of nitrogens with zero attached hydrogens (tertiary/aromatic N) is 2. The summed E-state index contributed by atoms with van der Waals surface area (Å²) in [6.45, 7) is 1.40. The highest BCUT2D eigenvalue weighted by molar-refractivity contribution is 5.94. The fourth-order valence-corrected chi connectivity index (χ4v) is 2.81. The lowest BCUT2D eigenvalue weighted by molar-refractivity contribution is -0.141. The number of H-pyrrole nitrogens is 1. The maximum absolute atomic E-state index is 13.0. The van der Waals surface area contributed by atoms with Crippen LogP contribution in [-0.2, 0) is 30.4 Å². The molecule has 12 N–H and O–H groups in total. The van der Waals surface area contributed by atoms with E-state index in [1.807, 2.05) is 0 Å². The standard InChI is InChI=1S/C19H31N9O7/c1-9(18(34)35)26-16(32)12(3-2-4-24-19(21)22)27-17(33)13(5-10-7-23-8-25-10)28-15(31)11(20)6-14(29)30/h7-9,11-13H,2-6,20H2,1H3,(H,23,25)(H,26,32)(H,27,33)(H,28,31)(H,29,30)(H,34,35)(H4,21,22,24). The van der Waals surface area contributed by atoms with Crippen molar-refractivity contribution in [1.82, 2.24) is 25.9 Å². The third-order valence-electron chi connectivity index (χ3n) is 4.65. The van der Waals surface area contributed by atoms with Crippen LogP contribution in [0.15, 0.2) is 17.5 Å². The van der Waals surface area contributed by atoms with Gasteiger partial charge in [-0.2, -0.15) is 0 Å². The molecule has 0 aliphatic heterocycles. The number of aromatic amines is 1. The molecule has 4 atom stereocenters. The zero-order valence-electron chi connectivity index (χ0n) is 19.1. The van der Waals surface area contributed by atoms with Crippen LogP contribution in [0.2, 0.25) is 0 Å². The first-order valence-corrected chi connectivity index (χ1v) is 10.5. The molecule has 0 radical (unpaired) electrons. The van der Waals surface area contributed by atoms with E-state index in [2.05, 4.69) is 30.9 Å². The van der Waals surface area contributed by atoms with Crippen LogP contribution >= 0.6 is 0 Å². The van der Waals surface area contributed by atoms with E-state index < -0.39 is 60.2 Å². The second kappa shape index (κ2) is 14.1. The Morgan fingerprint density at radius 3 is 2.23 bits per heavy atom. The SMILES string of the molecule is CC(NC(=O)C(CCCN=C(N)N)NC(=O)C(Cc1cnc[nH]1)NC(=O)C(N)CC(=O)O)C(=O)O. The van der Waals surface area contributed by atoms with Crippen molar-refractivity contribution in [3.63, 3.8) is 0 Å². The average molecular weight is 498 g/mol. The predicted octanol–water partition coefficient (Wildman–Crippen LogP) is -3.63. The van der Waals surface area contributed by atoms with Crippen LogP contribution in [-0.4, -0.2) is 86.5 Å². The number of rotatable bonds is 15. The molecule has 0 fully saturated rings. The first kappa shape index (κ1) is 28.8. The van der Waals surface area contributed by atoms with Gasteiger partial charge < -0.3 is 48.3 Å². The van der Waals surface area contributed by atoms with Gasteiger partial charge in [-0.3, -0.25) is 29.0 Å². The van der Waals surface area contributed by atoms with E-state index in [4.69, 9.17) is 27.4 Å². The minimum Gasteiger partial charge on any atom is -0.481 e. The Morgan fingerprint density at radius 2 is 1.69 bits per heavy atom.